The van der Waals surface area contributed by atoms with Gasteiger partial charge in [0.1, 0.15) is 0 Å². The van der Waals surface area contributed by atoms with Gasteiger partial charge in [0.15, 0.2) is 0 Å². The molecule has 4 rings (SSSR count). The SMILES string of the molecule is O=C(Nc1ccccc1Cc1ccccc1)[C@H]1CCCN(C(=O)c2ccc(Cl)cc2)C1. The summed E-state index contributed by atoms with van der Waals surface area (Å²) in [6.07, 6.45) is 2.34. The normalized spacial score (nSPS) is 16.0. The van der Waals surface area contributed by atoms with Gasteiger partial charge in [-0.15, -0.1) is 0 Å². The van der Waals surface area contributed by atoms with Gasteiger partial charge in [-0.05, 0) is 60.7 Å². The highest BCUT2D eigenvalue weighted by molar-refractivity contribution is 6.30. The zero-order valence-corrected chi connectivity index (χ0v) is 18.0. The molecule has 0 unspecified atom stereocenters. The fourth-order valence-electron chi connectivity index (χ4n) is 4.00. The van der Waals surface area contributed by atoms with Crippen LogP contribution in [0, 0.1) is 5.92 Å². The summed E-state index contributed by atoms with van der Waals surface area (Å²) in [5.41, 5.74) is 3.70. The van der Waals surface area contributed by atoms with Gasteiger partial charge in [0.2, 0.25) is 5.91 Å². The summed E-state index contributed by atoms with van der Waals surface area (Å²) >= 11 is 5.93. The zero-order chi connectivity index (χ0) is 21.6. The van der Waals surface area contributed by atoms with Crippen LogP contribution >= 0.6 is 11.6 Å². The van der Waals surface area contributed by atoms with E-state index in [0.717, 1.165) is 30.5 Å². The van der Waals surface area contributed by atoms with Crippen molar-refractivity contribution in [1.29, 1.82) is 0 Å². The van der Waals surface area contributed by atoms with Crippen molar-refractivity contribution in [3.05, 3.63) is 101 Å². The highest BCUT2D eigenvalue weighted by atomic mass is 35.5. The maximum Gasteiger partial charge on any atom is 0.253 e. The maximum absolute atomic E-state index is 13.1. The Morgan fingerprint density at radius 1 is 0.935 bits per heavy atom. The molecule has 0 aromatic heterocycles. The maximum atomic E-state index is 13.1. The molecule has 0 radical (unpaired) electrons. The minimum atomic E-state index is -0.227. The lowest BCUT2D eigenvalue weighted by Gasteiger charge is -2.32. The van der Waals surface area contributed by atoms with E-state index in [9.17, 15) is 9.59 Å². The monoisotopic (exact) mass is 432 g/mol. The second kappa shape index (κ2) is 9.80. The Morgan fingerprint density at radius 2 is 1.65 bits per heavy atom. The number of carbonyl (C=O) groups excluding carboxylic acids is 2. The van der Waals surface area contributed by atoms with E-state index in [2.05, 4.69) is 17.4 Å². The predicted octanol–water partition coefficient (Wildman–Crippen LogP) is 5.42. The van der Waals surface area contributed by atoms with Crippen LogP contribution in [0.3, 0.4) is 0 Å². The molecule has 0 saturated carbocycles. The van der Waals surface area contributed by atoms with Crippen molar-refractivity contribution >= 4 is 29.1 Å². The van der Waals surface area contributed by atoms with Crippen LogP contribution in [-0.4, -0.2) is 29.8 Å². The Morgan fingerprint density at radius 3 is 2.42 bits per heavy atom. The van der Waals surface area contributed by atoms with Gasteiger partial charge in [-0.25, -0.2) is 0 Å². The molecule has 3 aromatic carbocycles. The van der Waals surface area contributed by atoms with Gasteiger partial charge in [0.05, 0.1) is 5.92 Å². The van der Waals surface area contributed by atoms with Crippen LogP contribution in [0.2, 0.25) is 5.02 Å². The van der Waals surface area contributed by atoms with Crippen LogP contribution in [0.4, 0.5) is 5.69 Å². The zero-order valence-electron chi connectivity index (χ0n) is 17.3. The second-order valence-corrected chi connectivity index (χ2v) is 8.34. The van der Waals surface area contributed by atoms with E-state index in [1.54, 1.807) is 29.2 Å². The van der Waals surface area contributed by atoms with E-state index >= 15 is 0 Å². The molecule has 0 aliphatic carbocycles. The molecule has 1 aliphatic heterocycles. The van der Waals surface area contributed by atoms with Crippen molar-refractivity contribution in [3.63, 3.8) is 0 Å². The molecule has 3 aromatic rings. The van der Waals surface area contributed by atoms with Gasteiger partial charge in [-0.1, -0.05) is 60.1 Å². The average Bonchev–Trinajstić information content (AvgIpc) is 2.81. The number of hydrogen-bond donors (Lipinski definition) is 1. The number of piperidine rings is 1. The van der Waals surface area contributed by atoms with Crippen molar-refractivity contribution in [2.75, 3.05) is 18.4 Å². The van der Waals surface area contributed by atoms with Crippen molar-refractivity contribution in [2.24, 2.45) is 5.92 Å². The van der Waals surface area contributed by atoms with Crippen LogP contribution in [0.15, 0.2) is 78.9 Å². The molecule has 5 heteroatoms. The Balaban J connectivity index is 1.43. The van der Waals surface area contributed by atoms with Crippen molar-refractivity contribution in [2.45, 2.75) is 19.3 Å². The summed E-state index contributed by atoms with van der Waals surface area (Å²) in [7, 11) is 0. The average molecular weight is 433 g/mol. The van der Waals surface area contributed by atoms with E-state index in [1.807, 2.05) is 42.5 Å². The molecule has 158 valence electrons. The molecule has 1 heterocycles. The number of hydrogen-bond acceptors (Lipinski definition) is 2. The molecule has 1 N–H and O–H groups in total. The lowest BCUT2D eigenvalue weighted by Crippen LogP contribution is -2.43. The summed E-state index contributed by atoms with van der Waals surface area (Å²) in [5.74, 6) is -0.317. The van der Waals surface area contributed by atoms with E-state index < -0.39 is 0 Å². The number of nitrogens with one attached hydrogen (secondary N) is 1. The summed E-state index contributed by atoms with van der Waals surface area (Å²) in [5, 5.41) is 3.71. The van der Waals surface area contributed by atoms with Gasteiger partial charge in [-0.3, -0.25) is 9.59 Å². The molecule has 4 nitrogen and oxygen atoms in total. The van der Waals surface area contributed by atoms with Crippen LogP contribution in [0.25, 0.3) is 0 Å². The molecule has 1 atom stereocenters. The van der Waals surface area contributed by atoms with Crippen molar-refractivity contribution in [1.82, 2.24) is 4.90 Å². The lowest BCUT2D eigenvalue weighted by molar-refractivity contribution is -0.121. The van der Waals surface area contributed by atoms with Crippen LogP contribution in [0.1, 0.15) is 34.3 Å². The number of para-hydroxylation sites is 1. The predicted molar refractivity (Wildman–Crippen MR) is 124 cm³/mol. The molecular formula is C26H25ClN2O2. The molecule has 0 spiro atoms. The van der Waals surface area contributed by atoms with Gasteiger partial charge >= 0.3 is 0 Å². The van der Waals surface area contributed by atoms with Crippen molar-refractivity contribution in [3.8, 4) is 0 Å². The standard InChI is InChI=1S/C26H25ClN2O2/c27-23-14-12-20(13-15-23)26(31)29-16-6-10-22(18-29)25(30)28-24-11-5-4-9-21(24)17-19-7-2-1-3-8-19/h1-5,7-9,11-15,22H,6,10,16-18H2,(H,28,30)/t22-/m0/s1. The van der Waals surface area contributed by atoms with Gasteiger partial charge in [0.25, 0.3) is 5.91 Å². The number of amides is 2. The number of benzene rings is 3. The van der Waals surface area contributed by atoms with Gasteiger partial charge in [0, 0.05) is 29.4 Å². The van der Waals surface area contributed by atoms with Crippen LogP contribution in [-0.2, 0) is 11.2 Å². The Kier molecular flexibility index (Phi) is 6.68. The summed E-state index contributed by atoms with van der Waals surface area (Å²) < 4.78 is 0. The molecule has 1 aliphatic rings. The van der Waals surface area contributed by atoms with E-state index in [-0.39, 0.29) is 17.7 Å². The first-order valence-corrected chi connectivity index (χ1v) is 11.0. The number of likely N-dealkylation sites (tertiary alicyclic amines) is 1. The number of anilines is 1. The number of rotatable bonds is 5. The fraction of sp³-hybridized carbons (Fsp3) is 0.231. The third kappa shape index (κ3) is 5.33. The second-order valence-electron chi connectivity index (χ2n) is 7.91. The summed E-state index contributed by atoms with van der Waals surface area (Å²) in [6, 6.07) is 25.0. The van der Waals surface area contributed by atoms with E-state index in [4.69, 9.17) is 11.6 Å². The van der Waals surface area contributed by atoms with Crippen LogP contribution in [0.5, 0.6) is 0 Å². The van der Waals surface area contributed by atoms with Crippen molar-refractivity contribution < 1.29 is 9.59 Å². The number of nitrogens with zero attached hydrogens (tertiary/aromatic N) is 1. The smallest absolute Gasteiger partial charge is 0.253 e. The lowest BCUT2D eigenvalue weighted by atomic mass is 9.96. The van der Waals surface area contributed by atoms with Crippen LogP contribution < -0.4 is 5.32 Å². The minimum absolute atomic E-state index is 0.0332. The topological polar surface area (TPSA) is 49.4 Å². The third-order valence-corrected chi connectivity index (χ3v) is 5.94. The number of halogens is 1. The van der Waals surface area contributed by atoms with E-state index in [1.165, 1.54) is 5.56 Å². The van der Waals surface area contributed by atoms with Gasteiger partial charge in [-0.2, -0.15) is 0 Å². The quantitative estimate of drug-likeness (QED) is 0.585. The number of carbonyl (C=O) groups is 2. The van der Waals surface area contributed by atoms with Gasteiger partial charge < -0.3 is 10.2 Å². The molecule has 1 saturated heterocycles. The fourth-order valence-corrected chi connectivity index (χ4v) is 4.12. The van der Waals surface area contributed by atoms with E-state index in [0.29, 0.717) is 23.7 Å². The highest BCUT2D eigenvalue weighted by Crippen LogP contribution is 2.24. The molecular weight excluding hydrogens is 408 g/mol. The Hall–Kier alpha value is -3.11. The summed E-state index contributed by atoms with van der Waals surface area (Å²) in [6.45, 7) is 1.09. The molecule has 31 heavy (non-hydrogen) atoms. The summed E-state index contributed by atoms with van der Waals surface area (Å²) in [4.78, 5) is 27.7. The first-order valence-electron chi connectivity index (χ1n) is 10.6. The molecule has 1 fully saturated rings. The molecule has 2 amide bonds. The first-order chi connectivity index (χ1) is 15.1. The third-order valence-electron chi connectivity index (χ3n) is 5.68. The Bertz CT molecular complexity index is 1050. The Labute approximate surface area is 187 Å². The molecule has 0 bridgehead atoms. The largest absolute Gasteiger partial charge is 0.338 e. The highest BCUT2D eigenvalue weighted by Gasteiger charge is 2.29. The first kappa shape index (κ1) is 21.1. The minimum Gasteiger partial charge on any atom is -0.338 e.